The van der Waals surface area contributed by atoms with Crippen LogP contribution in [-0.2, 0) is 4.79 Å². The third kappa shape index (κ3) is 1.69. The Labute approximate surface area is 104 Å². The quantitative estimate of drug-likeness (QED) is 0.826. The molecule has 1 aromatic heterocycles. The Balaban J connectivity index is 2.13. The molecule has 0 radical (unpaired) electrons. The van der Waals surface area contributed by atoms with Crippen LogP contribution in [0.25, 0.3) is 0 Å². The first-order valence-electron chi connectivity index (χ1n) is 5.71. The Morgan fingerprint density at radius 3 is 2.83 bits per heavy atom. The van der Waals surface area contributed by atoms with E-state index in [1.54, 1.807) is 11.1 Å². The number of fused-ring (bicyclic) bond motifs is 1. The van der Waals surface area contributed by atoms with Crippen molar-refractivity contribution in [3.05, 3.63) is 42.4 Å². The number of rotatable bonds is 1. The highest BCUT2D eigenvalue weighted by atomic mass is 16.2. The predicted octanol–water partition coefficient (Wildman–Crippen LogP) is 1.88. The van der Waals surface area contributed by atoms with Gasteiger partial charge in [0.2, 0.25) is 0 Å². The summed E-state index contributed by atoms with van der Waals surface area (Å²) in [5, 5.41) is 3.01. The SMILES string of the molecule is Cc1ncc2c(n1)NCC(=O)N2c1ccccc1. The first-order chi connectivity index (χ1) is 8.75. The zero-order valence-electron chi connectivity index (χ0n) is 9.92. The molecular weight excluding hydrogens is 228 g/mol. The van der Waals surface area contributed by atoms with Gasteiger partial charge in [0.25, 0.3) is 5.91 Å². The van der Waals surface area contributed by atoms with Gasteiger partial charge in [-0.15, -0.1) is 0 Å². The van der Waals surface area contributed by atoms with Crippen molar-refractivity contribution in [1.82, 2.24) is 9.97 Å². The molecule has 0 unspecified atom stereocenters. The van der Waals surface area contributed by atoms with Gasteiger partial charge in [-0.1, -0.05) is 18.2 Å². The third-order valence-corrected chi connectivity index (χ3v) is 2.80. The van der Waals surface area contributed by atoms with Crippen LogP contribution in [0.2, 0.25) is 0 Å². The first kappa shape index (κ1) is 10.7. The van der Waals surface area contributed by atoms with Crippen LogP contribution in [0.4, 0.5) is 17.2 Å². The second-order valence-electron chi connectivity index (χ2n) is 4.07. The van der Waals surface area contributed by atoms with E-state index in [0.717, 1.165) is 5.69 Å². The Kier molecular flexibility index (Phi) is 2.44. The highest BCUT2D eigenvalue weighted by molar-refractivity contribution is 6.07. The molecule has 5 nitrogen and oxygen atoms in total. The lowest BCUT2D eigenvalue weighted by Crippen LogP contribution is -2.37. The molecule has 5 heteroatoms. The minimum atomic E-state index is -0.0128. The van der Waals surface area contributed by atoms with E-state index < -0.39 is 0 Å². The minimum Gasteiger partial charge on any atom is -0.359 e. The maximum absolute atomic E-state index is 12.1. The van der Waals surface area contributed by atoms with Gasteiger partial charge in [0.05, 0.1) is 12.7 Å². The molecule has 1 aliphatic rings. The highest BCUT2D eigenvalue weighted by Crippen LogP contribution is 2.32. The maximum Gasteiger partial charge on any atom is 0.251 e. The summed E-state index contributed by atoms with van der Waals surface area (Å²) in [6, 6.07) is 9.52. The molecule has 2 aromatic rings. The largest absolute Gasteiger partial charge is 0.359 e. The van der Waals surface area contributed by atoms with Gasteiger partial charge >= 0.3 is 0 Å². The van der Waals surface area contributed by atoms with Crippen molar-refractivity contribution in [2.45, 2.75) is 6.92 Å². The molecule has 3 rings (SSSR count). The van der Waals surface area contributed by atoms with Crippen LogP contribution in [0.3, 0.4) is 0 Å². The Morgan fingerprint density at radius 1 is 1.28 bits per heavy atom. The fourth-order valence-corrected chi connectivity index (χ4v) is 1.99. The molecule has 1 aromatic carbocycles. The molecular formula is C13H12N4O. The van der Waals surface area contributed by atoms with Crippen molar-refractivity contribution >= 4 is 23.1 Å². The number of hydrogen-bond donors (Lipinski definition) is 1. The smallest absolute Gasteiger partial charge is 0.251 e. The van der Waals surface area contributed by atoms with Gasteiger partial charge in [0.15, 0.2) is 5.82 Å². The van der Waals surface area contributed by atoms with Crippen molar-refractivity contribution in [1.29, 1.82) is 0 Å². The number of nitrogens with one attached hydrogen (secondary N) is 1. The van der Waals surface area contributed by atoms with E-state index in [1.807, 2.05) is 37.3 Å². The summed E-state index contributed by atoms with van der Waals surface area (Å²) < 4.78 is 0. The van der Waals surface area contributed by atoms with Crippen LogP contribution in [0.1, 0.15) is 5.82 Å². The second kappa shape index (κ2) is 4.10. The molecule has 0 saturated carbocycles. The molecule has 0 spiro atoms. The van der Waals surface area contributed by atoms with E-state index in [0.29, 0.717) is 17.3 Å². The van der Waals surface area contributed by atoms with E-state index in [1.165, 1.54) is 0 Å². The van der Waals surface area contributed by atoms with Gasteiger partial charge in [-0.05, 0) is 19.1 Å². The number of carbonyl (C=O) groups excluding carboxylic acids is 1. The van der Waals surface area contributed by atoms with Crippen LogP contribution in [0.15, 0.2) is 36.5 Å². The maximum atomic E-state index is 12.1. The second-order valence-corrected chi connectivity index (χ2v) is 4.07. The average molecular weight is 240 g/mol. The van der Waals surface area contributed by atoms with E-state index in [2.05, 4.69) is 15.3 Å². The molecule has 90 valence electrons. The monoisotopic (exact) mass is 240 g/mol. The Hall–Kier alpha value is -2.43. The van der Waals surface area contributed by atoms with Crippen LogP contribution >= 0.6 is 0 Å². The number of carbonyl (C=O) groups is 1. The predicted molar refractivity (Wildman–Crippen MR) is 68.8 cm³/mol. The lowest BCUT2D eigenvalue weighted by molar-refractivity contribution is -0.116. The number of aryl methyl sites for hydroxylation is 1. The summed E-state index contributed by atoms with van der Waals surface area (Å²) in [7, 11) is 0. The number of nitrogens with zero attached hydrogens (tertiary/aromatic N) is 3. The van der Waals surface area contributed by atoms with Crippen LogP contribution in [-0.4, -0.2) is 22.4 Å². The summed E-state index contributed by atoms with van der Waals surface area (Å²) in [6.07, 6.45) is 1.68. The zero-order chi connectivity index (χ0) is 12.5. The summed E-state index contributed by atoms with van der Waals surface area (Å²) >= 11 is 0. The molecule has 1 amide bonds. The number of hydrogen-bond acceptors (Lipinski definition) is 4. The summed E-state index contributed by atoms with van der Waals surface area (Å²) in [6.45, 7) is 2.07. The van der Waals surface area contributed by atoms with Crippen molar-refractivity contribution < 1.29 is 4.79 Å². The normalized spacial score (nSPS) is 14.1. The van der Waals surface area contributed by atoms with Gasteiger partial charge < -0.3 is 5.32 Å². The van der Waals surface area contributed by atoms with Crippen molar-refractivity contribution in [2.75, 3.05) is 16.8 Å². The molecule has 0 fully saturated rings. The molecule has 0 aliphatic carbocycles. The minimum absolute atomic E-state index is 0.0128. The zero-order valence-corrected chi connectivity index (χ0v) is 9.92. The molecule has 0 saturated heterocycles. The number of aromatic nitrogens is 2. The van der Waals surface area contributed by atoms with E-state index in [9.17, 15) is 4.79 Å². The molecule has 2 heterocycles. The Morgan fingerprint density at radius 2 is 2.06 bits per heavy atom. The van der Waals surface area contributed by atoms with E-state index >= 15 is 0 Å². The molecule has 1 N–H and O–H groups in total. The topological polar surface area (TPSA) is 58.1 Å². The van der Waals surface area contributed by atoms with Crippen LogP contribution in [0, 0.1) is 6.92 Å². The lowest BCUT2D eigenvalue weighted by Gasteiger charge is -2.29. The standard InChI is InChI=1S/C13H12N4O/c1-9-14-7-11-13(16-9)15-8-12(18)17(11)10-5-3-2-4-6-10/h2-7H,8H2,1H3,(H,14,15,16). The highest BCUT2D eigenvalue weighted by Gasteiger charge is 2.26. The van der Waals surface area contributed by atoms with Gasteiger partial charge in [-0.2, -0.15) is 0 Å². The van der Waals surface area contributed by atoms with Crippen molar-refractivity contribution in [2.24, 2.45) is 0 Å². The van der Waals surface area contributed by atoms with Gasteiger partial charge in [-0.3, -0.25) is 9.69 Å². The van der Waals surface area contributed by atoms with Crippen LogP contribution < -0.4 is 10.2 Å². The van der Waals surface area contributed by atoms with Crippen LogP contribution in [0.5, 0.6) is 0 Å². The average Bonchev–Trinajstić information content (AvgIpc) is 2.40. The van der Waals surface area contributed by atoms with E-state index in [4.69, 9.17) is 0 Å². The molecule has 0 atom stereocenters. The van der Waals surface area contributed by atoms with E-state index in [-0.39, 0.29) is 12.5 Å². The summed E-state index contributed by atoms with van der Waals surface area (Å²) in [5.41, 5.74) is 1.53. The number of amides is 1. The molecule has 0 bridgehead atoms. The van der Waals surface area contributed by atoms with Crippen molar-refractivity contribution in [3.63, 3.8) is 0 Å². The molecule has 18 heavy (non-hydrogen) atoms. The third-order valence-electron chi connectivity index (χ3n) is 2.80. The van der Waals surface area contributed by atoms with Gasteiger partial charge in [0.1, 0.15) is 11.5 Å². The molecule has 1 aliphatic heterocycles. The van der Waals surface area contributed by atoms with Gasteiger partial charge in [-0.25, -0.2) is 9.97 Å². The fourth-order valence-electron chi connectivity index (χ4n) is 1.99. The summed E-state index contributed by atoms with van der Waals surface area (Å²) in [5.74, 6) is 1.37. The van der Waals surface area contributed by atoms with Gasteiger partial charge in [0, 0.05) is 5.69 Å². The lowest BCUT2D eigenvalue weighted by atomic mass is 10.2. The first-order valence-corrected chi connectivity index (χ1v) is 5.71. The summed E-state index contributed by atoms with van der Waals surface area (Å²) in [4.78, 5) is 22.2. The Bertz CT molecular complexity index is 597. The number of anilines is 3. The number of benzene rings is 1. The van der Waals surface area contributed by atoms with Crippen molar-refractivity contribution in [3.8, 4) is 0 Å². The fraction of sp³-hybridized carbons (Fsp3) is 0.154. The number of para-hydroxylation sites is 1.